The fraction of sp³-hybridized carbons (Fsp3) is 0.353. The second-order valence-electron chi connectivity index (χ2n) is 6.38. The van der Waals surface area contributed by atoms with Crippen LogP contribution in [0.2, 0.25) is 0 Å². The van der Waals surface area contributed by atoms with Crippen LogP contribution in [0.15, 0.2) is 29.6 Å². The third-order valence-electron chi connectivity index (χ3n) is 3.28. The number of amides is 2. The van der Waals surface area contributed by atoms with Gasteiger partial charge < -0.3 is 5.73 Å². The Balaban J connectivity index is 1.95. The predicted molar refractivity (Wildman–Crippen MR) is 101 cm³/mol. The number of thiazole rings is 1. The lowest BCUT2D eigenvalue weighted by Crippen LogP contribution is -2.14. The second-order valence-corrected chi connectivity index (χ2v) is 8.23. The van der Waals surface area contributed by atoms with Crippen molar-refractivity contribution in [3.63, 3.8) is 0 Å². The topological polar surface area (TPSA) is 85.1 Å². The third-order valence-corrected chi connectivity index (χ3v) is 5.07. The number of thioether (sulfide) groups is 1. The van der Waals surface area contributed by atoms with E-state index in [4.69, 9.17) is 5.73 Å². The molecule has 0 fully saturated rings. The Bertz CT molecular complexity index is 718. The van der Waals surface area contributed by atoms with E-state index >= 15 is 0 Å². The van der Waals surface area contributed by atoms with Crippen LogP contribution in [-0.4, -0.2) is 22.6 Å². The van der Waals surface area contributed by atoms with Gasteiger partial charge in [0.25, 0.3) is 5.91 Å². The Morgan fingerprint density at radius 3 is 2.50 bits per heavy atom. The van der Waals surface area contributed by atoms with Crippen LogP contribution in [0.5, 0.6) is 0 Å². The molecule has 0 spiro atoms. The molecule has 2 rings (SSSR count). The van der Waals surface area contributed by atoms with Crippen molar-refractivity contribution in [3.8, 4) is 0 Å². The molecular formula is C17H21N3O2S2. The van der Waals surface area contributed by atoms with Gasteiger partial charge in [-0.1, -0.05) is 32.9 Å². The zero-order chi connectivity index (χ0) is 17.7. The van der Waals surface area contributed by atoms with E-state index in [1.807, 2.05) is 29.6 Å². The van der Waals surface area contributed by atoms with Gasteiger partial charge in [0.05, 0.1) is 11.4 Å². The first-order valence-corrected chi connectivity index (χ1v) is 9.51. The van der Waals surface area contributed by atoms with Crippen molar-refractivity contribution in [1.29, 1.82) is 0 Å². The molecule has 0 aliphatic heterocycles. The number of primary amides is 1. The van der Waals surface area contributed by atoms with Crippen LogP contribution in [0.1, 0.15) is 42.4 Å². The van der Waals surface area contributed by atoms with E-state index in [2.05, 4.69) is 31.1 Å². The van der Waals surface area contributed by atoms with Gasteiger partial charge in [-0.15, -0.1) is 23.1 Å². The molecule has 0 saturated heterocycles. The Hall–Kier alpha value is -1.86. The molecule has 0 radical (unpaired) electrons. The van der Waals surface area contributed by atoms with Gasteiger partial charge in [0.15, 0.2) is 5.13 Å². The number of anilines is 1. The zero-order valence-corrected chi connectivity index (χ0v) is 15.6. The number of rotatable bonds is 6. The van der Waals surface area contributed by atoms with Crippen LogP contribution in [0, 0.1) is 0 Å². The van der Waals surface area contributed by atoms with Gasteiger partial charge in [-0.3, -0.25) is 14.9 Å². The summed E-state index contributed by atoms with van der Waals surface area (Å²) in [5.74, 6) is 0.332. The summed E-state index contributed by atoms with van der Waals surface area (Å²) in [6.45, 7) is 6.40. The molecule has 7 heteroatoms. The van der Waals surface area contributed by atoms with E-state index in [1.54, 1.807) is 0 Å². The Labute approximate surface area is 150 Å². The summed E-state index contributed by atoms with van der Waals surface area (Å²) in [5.41, 5.74) is 7.76. The summed E-state index contributed by atoms with van der Waals surface area (Å²) < 4.78 is 0. The van der Waals surface area contributed by atoms with E-state index in [-0.39, 0.29) is 23.0 Å². The average Bonchev–Trinajstić information content (AvgIpc) is 2.93. The molecule has 2 amide bonds. The van der Waals surface area contributed by atoms with Gasteiger partial charge >= 0.3 is 0 Å². The van der Waals surface area contributed by atoms with Gasteiger partial charge in [-0.25, -0.2) is 4.98 Å². The molecule has 5 nitrogen and oxygen atoms in total. The highest BCUT2D eigenvalue weighted by Crippen LogP contribution is 2.23. The predicted octanol–water partition coefficient (Wildman–Crippen LogP) is 3.41. The quantitative estimate of drug-likeness (QED) is 0.823. The van der Waals surface area contributed by atoms with Gasteiger partial charge in [0.1, 0.15) is 0 Å². The molecule has 24 heavy (non-hydrogen) atoms. The van der Waals surface area contributed by atoms with Crippen molar-refractivity contribution in [2.45, 2.75) is 31.9 Å². The molecule has 2 aromatic rings. The van der Waals surface area contributed by atoms with Crippen molar-refractivity contribution >= 4 is 40.0 Å². The molecule has 0 atom stereocenters. The zero-order valence-electron chi connectivity index (χ0n) is 14.0. The highest BCUT2D eigenvalue weighted by molar-refractivity contribution is 7.99. The molecule has 3 N–H and O–H groups in total. The molecule has 128 valence electrons. The van der Waals surface area contributed by atoms with Crippen LogP contribution in [0.25, 0.3) is 0 Å². The fourth-order valence-electron chi connectivity index (χ4n) is 1.98. The van der Waals surface area contributed by atoms with E-state index in [0.717, 1.165) is 5.69 Å². The number of aromatic nitrogens is 1. The van der Waals surface area contributed by atoms with Crippen molar-refractivity contribution in [1.82, 2.24) is 4.98 Å². The van der Waals surface area contributed by atoms with Gasteiger partial charge in [0.2, 0.25) is 5.91 Å². The first kappa shape index (κ1) is 18.5. The minimum Gasteiger partial charge on any atom is -0.369 e. The number of nitrogens with one attached hydrogen (secondary N) is 1. The number of benzene rings is 1. The Kier molecular flexibility index (Phi) is 6.01. The molecule has 0 aliphatic carbocycles. The lowest BCUT2D eigenvalue weighted by molar-refractivity contribution is -0.115. The molecule has 0 aliphatic rings. The maximum Gasteiger partial charge on any atom is 0.257 e. The number of carbonyl (C=O) groups is 2. The number of hydrogen-bond acceptors (Lipinski definition) is 5. The standard InChI is InChI=1S/C17H21N3O2S2/c1-17(2,3)12-6-4-11(5-7-12)15(22)20-16-19-13(9-24-16)8-23-10-14(18)21/h4-7,9H,8,10H2,1-3H3,(H2,18,21)(H,19,20,22). The van der Waals surface area contributed by atoms with Crippen LogP contribution in [0.3, 0.4) is 0 Å². The monoisotopic (exact) mass is 363 g/mol. The number of nitrogens with zero attached hydrogens (tertiary/aromatic N) is 1. The third kappa shape index (κ3) is 5.35. The van der Waals surface area contributed by atoms with Crippen LogP contribution in [-0.2, 0) is 16.0 Å². The highest BCUT2D eigenvalue weighted by Gasteiger charge is 2.15. The molecule has 0 saturated carbocycles. The fourth-order valence-corrected chi connectivity index (χ4v) is 3.45. The van der Waals surface area contributed by atoms with Crippen LogP contribution in [0.4, 0.5) is 5.13 Å². The molecule has 1 aromatic carbocycles. The van der Waals surface area contributed by atoms with Crippen molar-refractivity contribution in [3.05, 3.63) is 46.5 Å². The minimum atomic E-state index is -0.345. The first-order valence-electron chi connectivity index (χ1n) is 7.48. The Morgan fingerprint density at radius 2 is 1.92 bits per heavy atom. The summed E-state index contributed by atoms with van der Waals surface area (Å²) in [6.07, 6.45) is 0. The second kappa shape index (κ2) is 7.81. The Morgan fingerprint density at radius 1 is 1.25 bits per heavy atom. The van der Waals surface area contributed by atoms with Gasteiger partial charge in [-0.05, 0) is 23.1 Å². The van der Waals surface area contributed by atoms with Crippen molar-refractivity contribution < 1.29 is 9.59 Å². The SMILES string of the molecule is CC(C)(C)c1ccc(C(=O)Nc2nc(CSCC(N)=O)cs2)cc1. The molecule has 0 bridgehead atoms. The number of hydrogen-bond donors (Lipinski definition) is 2. The summed E-state index contributed by atoms with van der Waals surface area (Å²) in [6, 6.07) is 7.60. The van der Waals surface area contributed by atoms with Crippen molar-refractivity contribution in [2.75, 3.05) is 11.1 Å². The highest BCUT2D eigenvalue weighted by atomic mass is 32.2. The molecule has 1 heterocycles. The van der Waals surface area contributed by atoms with E-state index in [1.165, 1.54) is 28.7 Å². The summed E-state index contributed by atoms with van der Waals surface area (Å²) >= 11 is 2.77. The van der Waals surface area contributed by atoms with Gasteiger partial charge in [-0.2, -0.15) is 0 Å². The summed E-state index contributed by atoms with van der Waals surface area (Å²) in [5, 5.41) is 5.22. The van der Waals surface area contributed by atoms with Gasteiger partial charge in [0, 0.05) is 16.7 Å². The minimum absolute atomic E-state index is 0.0573. The average molecular weight is 364 g/mol. The van der Waals surface area contributed by atoms with E-state index in [9.17, 15) is 9.59 Å². The molecule has 1 aromatic heterocycles. The summed E-state index contributed by atoms with van der Waals surface area (Å²) in [4.78, 5) is 27.3. The lowest BCUT2D eigenvalue weighted by Gasteiger charge is -2.18. The number of carbonyl (C=O) groups excluding carboxylic acids is 2. The van der Waals surface area contributed by atoms with Crippen LogP contribution < -0.4 is 11.1 Å². The maximum absolute atomic E-state index is 12.3. The molecule has 0 unspecified atom stereocenters. The largest absolute Gasteiger partial charge is 0.369 e. The normalized spacial score (nSPS) is 11.3. The van der Waals surface area contributed by atoms with Crippen LogP contribution >= 0.6 is 23.1 Å². The lowest BCUT2D eigenvalue weighted by atomic mass is 9.87. The summed E-state index contributed by atoms with van der Waals surface area (Å²) in [7, 11) is 0. The maximum atomic E-state index is 12.3. The van der Waals surface area contributed by atoms with E-state index < -0.39 is 0 Å². The van der Waals surface area contributed by atoms with E-state index in [0.29, 0.717) is 16.4 Å². The molecular weight excluding hydrogens is 342 g/mol. The number of nitrogens with two attached hydrogens (primary N) is 1. The smallest absolute Gasteiger partial charge is 0.257 e. The van der Waals surface area contributed by atoms with Crippen molar-refractivity contribution in [2.24, 2.45) is 5.73 Å². The first-order chi connectivity index (χ1) is 11.3.